The van der Waals surface area contributed by atoms with Gasteiger partial charge in [0.1, 0.15) is 6.07 Å². The fraction of sp³-hybridized carbons (Fsp3) is 0.143. The smallest absolute Gasteiger partial charge is 0.249 e. The molecule has 1 rings (SSSR count). The largest absolute Gasteiger partial charge is 0.434 e. The van der Waals surface area contributed by atoms with Crippen molar-refractivity contribution >= 4 is 11.6 Å². The van der Waals surface area contributed by atoms with Crippen molar-refractivity contribution in [2.45, 2.75) is 6.18 Å². The van der Waals surface area contributed by atoms with Crippen LogP contribution in [0, 0.1) is 11.3 Å². The van der Waals surface area contributed by atoms with Gasteiger partial charge in [-0.1, -0.05) is 11.6 Å². The summed E-state index contributed by atoms with van der Waals surface area (Å²) in [6.07, 6.45) is -3.76. The molecule has 1 aromatic heterocycles. The summed E-state index contributed by atoms with van der Waals surface area (Å²) in [6, 6.07) is 2.30. The van der Waals surface area contributed by atoms with E-state index in [1.165, 1.54) is 6.07 Å². The van der Waals surface area contributed by atoms with Gasteiger partial charge in [0.2, 0.25) is 0 Å². The van der Waals surface area contributed by atoms with Gasteiger partial charge >= 0.3 is 6.18 Å². The highest BCUT2D eigenvalue weighted by atomic mass is 35.5. The van der Waals surface area contributed by atoms with Crippen molar-refractivity contribution in [1.82, 2.24) is 4.98 Å². The molecule has 0 aliphatic heterocycles. The van der Waals surface area contributed by atoms with Crippen molar-refractivity contribution in [2.24, 2.45) is 0 Å². The normalized spacial score (nSPS) is 11.0. The molecule has 0 aromatic carbocycles. The molecular weight excluding hydrogens is 205 g/mol. The number of rotatable bonds is 0. The second kappa shape index (κ2) is 3.23. The lowest BCUT2D eigenvalue weighted by Crippen LogP contribution is -2.10. The van der Waals surface area contributed by atoms with Crippen LogP contribution in [0.2, 0.25) is 5.02 Å². The zero-order chi connectivity index (χ0) is 10.1. The van der Waals surface area contributed by atoms with Crippen LogP contribution in [0.5, 0.6) is 0 Å². The van der Waals surface area contributed by atoms with Crippen molar-refractivity contribution < 1.29 is 13.2 Å². The van der Waals surface area contributed by atoms with Gasteiger partial charge in [-0.3, -0.25) is 0 Å². The van der Waals surface area contributed by atoms with E-state index in [1.807, 2.05) is 0 Å². The third-order valence-electron chi connectivity index (χ3n) is 1.24. The minimum atomic E-state index is -4.62. The van der Waals surface area contributed by atoms with Gasteiger partial charge in [-0.05, 0) is 6.07 Å². The lowest BCUT2D eigenvalue weighted by molar-refractivity contribution is -0.141. The number of nitrogens with zero attached hydrogens (tertiary/aromatic N) is 2. The Morgan fingerprint density at radius 1 is 1.46 bits per heavy atom. The maximum atomic E-state index is 12.1. The Morgan fingerprint density at radius 2 is 2.08 bits per heavy atom. The highest BCUT2D eigenvalue weighted by Crippen LogP contribution is 2.30. The van der Waals surface area contributed by atoms with Crippen molar-refractivity contribution in [3.05, 3.63) is 28.5 Å². The van der Waals surface area contributed by atoms with E-state index < -0.39 is 17.4 Å². The summed E-state index contributed by atoms with van der Waals surface area (Å²) in [7, 11) is 0. The first kappa shape index (κ1) is 9.81. The second-order valence-corrected chi connectivity index (χ2v) is 2.60. The molecule has 2 nitrogen and oxygen atoms in total. The summed E-state index contributed by atoms with van der Waals surface area (Å²) in [4.78, 5) is 3.04. The molecule has 0 fully saturated rings. The average molecular weight is 207 g/mol. The van der Waals surface area contributed by atoms with E-state index >= 15 is 0 Å². The molecule has 13 heavy (non-hydrogen) atoms. The van der Waals surface area contributed by atoms with Crippen molar-refractivity contribution in [1.29, 1.82) is 5.26 Å². The molecule has 0 saturated heterocycles. The Kier molecular flexibility index (Phi) is 2.43. The van der Waals surface area contributed by atoms with E-state index in [4.69, 9.17) is 16.9 Å². The first-order valence-electron chi connectivity index (χ1n) is 3.08. The van der Waals surface area contributed by atoms with Gasteiger partial charge < -0.3 is 0 Å². The average Bonchev–Trinajstić information content (AvgIpc) is 2.01. The topological polar surface area (TPSA) is 36.7 Å². The summed E-state index contributed by atoms with van der Waals surface area (Å²) in [5.74, 6) is 0. The first-order chi connectivity index (χ1) is 5.95. The van der Waals surface area contributed by atoms with Crippen LogP contribution in [-0.2, 0) is 6.18 Å². The molecule has 0 bridgehead atoms. The number of alkyl halides is 3. The second-order valence-electron chi connectivity index (χ2n) is 2.16. The number of halogens is 4. The van der Waals surface area contributed by atoms with Gasteiger partial charge in [-0.2, -0.15) is 18.4 Å². The van der Waals surface area contributed by atoms with Gasteiger partial charge in [0.05, 0.1) is 10.6 Å². The summed E-state index contributed by atoms with van der Waals surface area (Å²) in [5.41, 5.74) is -1.78. The summed E-state index contributed by atoms with van der Waals surface area (Å²) in [6.45, 7) is 0. The van der Waals surface area contributed by atoms with E-state index in [0.717, 1.165) is 12.3 Å². The number of pyridine rings is 1. The van der Waals surface area contributed by atoms with Gasteiger partial charge in [-0.15, -0.1) is 0 Å². The molecule has 0 spiro atoms. The first-order valence-corrected chi connectivity index (χ1v) is 3.46. The molecule has 1 heterocycles. The summed E-state index contributed by atoms with van der Waals surface area (Å²) < 4.78 is 36.3. The van der Waals surface area contributed by atoms with Crippen LogP contribution < -0.4 is 0 Å². The third-order valence-corrected chi connectivity index (χ3v) is 1.45. The van der Waals surface area contributed by atoms with Crippen LogP contribution in [0.1, 0.15) is 11.3 Å². The maximum absolute atomic E-state index is 12.1. The SMILES string of the molecule is N#Cc1cc(Cl)cnc1C(F)(F)F. The summed E-state index contributed by atoms with van der Waals surface area (Å²) >= 11 is 5.36. The van der Waals surface area contributed by atoms with Crippen LogP contribution >= 0.6 is 11.6 Å². The Hall–Kier alpha value is -1.28. The third kappa shape index (κ3) is 2.10. The zero-order valence-electron chi connectivity index (χ0n) is 6.06. The number of hydrogen-bond acceptors (Lipinski definition) is 2. The van der Waals surface area contributed by atoms with Crippen LogP contribution in [0.25, 0.3) is 0 Å². The van der Waals surface area contributed by atoms with Crippen LogP contribution in [0.15, 0.2) is 12.3 Å². The van der Waals surface area contributed by atoms with Gasteiger partial charge in [0, 0.05) is 6.20 Å². The molecule has 0 radical (unpaired) electrons. The molecule has 0 N–H and O–H groups in total. The fourth-order valence-electron chi connectivity index (χ4n) is 0.750. The van der Waals surface area contributed by atoms with E-state index in [1.54, 1.807) is 0 Å². The maximum Gasteiger partial charge on any atom is 0.434 e. The lowest BCUT2D eigenvalue weighted by Gasteiger charge is -2.06. The van der Waals surface area contributed by atoms with Crippen molar-refractivity contribution in [2.75, 3.05) is 0 Å². The van der Waals surface area contributed by atoms with Crippen molar-refractivity contribution in [3.63, 3.8) is 0 Å². The van der Waals surface area contributed by atoms with Crippen LogP contribution in [-0.4, -0.2) is 4.98 Å². The molecular formula is C7H2ClF3N2. The van der Waals surface area contributed by atoms with E-state index in [0.29, 0.717) is 0 Å². The molecule has 1 aromatic rings. The molecule has 0 atom stereocenters. The zero-order valence-corrected chi connectivity index (χ0v) is 6.82. The monoisotopic (exact) mass is 206 g/mol. The van der Waals surface area contributed by atoms with Gasteiger partial charge in [-0.25, -0.2) is 4.98 Å². The van der Waals surface area contributed by atoms with E-state index in [2.05, 4.69) is 4.98 Å². The minimum absolute atomic E-state index is 0.00421. The standard InChI is InChI=1S/C7H2ClF3N2/c8-5-1-4(2-12)6(13-3-5)7(9,10)11/h1,3H. The molecule has 68 valence electrons. The quantitative estimate of drug-likeness (QED) is 0.654. The number of nitriles is 1. The molecule has 0 aliphatic carbocycles. The van der Waals surface area contributed by atoms with Crippen molar-refractivity contribution in [3.8, 4) is 6.07 Å². The van der Waals surface area contributed by atoms with E-state index in [9.17, 15) is 13.2 Å². The molecule has 0 aliphatic rings. The highest BCUT2D eigenvalue weighted by molar-refractivity contribution is 6.30. The Morgan fingerprint density at radius 3 is 2.54 bits per heavy atom. The number of aromatic nitrogens is 1. The minimum Gasteiger partial charge on any atom is -0.249 e. The molecule has 0 amide bonds. The Balaban J connectivity index is 3.32. The van der Waals surface area contributed by atoms with Crippen LogP contribution in [0.3, 0.4) is 0 Å². The Labute approximate surface area is 76.6 Å². The predicted octanol–water partition coefficient (Wildman–Crippen LogP) is 2.63. The molecule has 0 saturated carbocycles. The predicted molar refractivity (Wildman–Crippen MR) is 39.0 cm³/mol. The molecule has 0 unspecified atom stereocenters. The molecule has 6 heteroatoms. The fourth-order valence-corrected chi connectivity index (χ4v) is 0.908. The van der Waals surface area contributed by atoms with Gasteiger partial charge in [0.15, 0.2) is 5.69 Å². The van der Waals surface area contributed by atoms with Gasteiger partial charge in [0.25, 0.3) is 0 Å². The lowest BCUT2D eigenvalue weighted by atomic mass is 10.2. The van der Waals surface area contributed by atoms with E-state index in [-0.39, 0.29) is 5.02 Å². The summed E-state index contributed by atoms with van der Waals surface area (Å²) in [5, 5.41) is 8.36. The Bertz CT molecular complexity index is 367. The van der Waals surface area contributed by atoms with Crippen LogP contribution in [0.4, 0.5) is 13.2 Å². The highest BCUT2D eigenvalue weighted by Gasteiger charge is 2.35. The number of hydrogen-bond donors (Lipinski definition) is 0.